The van der Waals surface area contributed by atoms with Crippen LogP contribution in [0.2, 0.25) is 0 Å². The smallest absolute Gasteiger partial charge is 0.262 e. The minimum atomic E-state index is -0.00589. The molecule has 1 unspecified atom stereocenters. The summed E-state index contributed by atoms with van der Waals surface area (Å²) in [6.07, 6.45) is 2.72. The van der Waals surface area contributed by atoms with Crippen molar-refractivity contribution in [3.05, 3.63) is 58.1 Å². The quantitative estimate of drug-likeness (QED) is 0.724. The van der Waals surface area contributed by atoms with Crippen molar-refractivity contribution in [3.63, 3.8) is 0 Å². The highest BCUT2D eigenvalue weighted by Gasteiger charge is 2.28. The van der Waals surface area contributed by atoms with Gasteiger partial charge >= 0.3 is 0 Å². The second-order valence-corrected chi connectivity index (χ2v) is 6.85. The number of aryl methyl sites for hydroxylation is 1. The lowest BCUT2D eigenvalue weighted by molar-refractivity contribution is 0.106. The molecule has 3 aromatic rings. The molecule has 0 radical (unpaired) electrons. The van der Waals surface area contributed by atoms with Crippen LogP contribution in [-0.4, -0.2) is 34.2 Å². The molecule has 0 N–H and O–H groups in total. The van der Waals surface area contributed by atoms with Gasteiger partial charge in [0.15, 0.2) is 0 Å². The van der Waals surface area contributed by atoms with E-state index in [1.54, 1.807) is 17.9 Å². The standard InChI is InChI=1S/C20H23N3O3/c1-13-10-19-17(11-21-23(19)18-8-9-26-14(18)2)20(24)22(13)12-15-4-6-16(25-3)7-5-15/h4-7,10-11,14,18H,8-9,12H2,1-3H3/t14-,18?/m0/s1. The molecule has 6 nitrogen and oxygen atoms in total. The Morgan fingerprint density at radius 1 is 1.31 bits per heavy atom. The van der Waals surface area contributed by atoms with Gasteiger partial charge in [0.2, 0.25) is 0 Å². The Morgan fingerprint density at radius 3 is 2.73 bits per heavy atom. The molecular formula is C20H23N3O3. The van der Waals surface area contributed by atoms with E-state index in [4.69, 9.17) is 9.47 Å². The number of rotatable bonds is 4. The van der Waals surface area contributed by atoms with Gasteiger partial charge in [0.1, 0.15) is 5.75 Å². The molecule has 1 aliphatic rings. The molecule has 4 rings (SSSR count). The molecule has 6 heteroatoms. The summed E-state index contributed by atoms with van der Waals surface area (Å²) in [4.78, 5) is 13.0. The van der Waals surface area contributed by atoms with Crippen LogP contribution in [0.5, 0.6) is 5.75 Å². The Balaban J connectivity index is 1.73. The number of methoxy groups -OCH3 is 1. The average molecular weight is 353 g/mol. The van der Waals surface area contributed by atoms with Gasteiger partial charge in [-0.2, -0.15) is 5.10 Å². The third kappa shape index (κ3) is 2.80. The predicted octanol–water partition coefficient (Wildman–Crippen LogP) is 2.91. The number of aromatic nitrogens is 3. The van der Waals surface area contributed by atoms with Gasteiger partial charge < -0.3 is 14.0 Å². The summed E-state index contributed by atoms with van der Waals surface area (Å²) in [7, 11) is 1.64. The van der Waals surface area contributed by atoms with E-state index in [1.165, 1.54) is 0 Å². The summed E-state index contributed by atoms with van der Waals surface area (Å²) in [5, 5.41) is 5.16. The van der Waals surface area contributed by atoms with E-state index < -0.39 is 0 Å². The minimum Gasteiger partial charge on any atom is -0.497 e. The Bertz CT molecular complexity index is 988. The van der Waals surface area contributed by atoms with Crippen molar-refractivity contribution in [2.24, 2.45) is 0 Å². The lowest BCUT2D eigenvalue weighted by atomic mass is 10.1. The lowest BCUT2D eigenvalue weighted by Gasteiger charge is -2.17. The van der Waals surface area contributed by atoms with Crippen LogP contribution in [0.25, 0.3) is 10.9 Å². The third-order valence-corrected chi connectivity index (χ3v) is 5.23. The van der Waals surface area contributed by atoms with Gasteiger partial charge in [-0.25, -0.2) is 0 Å². The summed E-state index contributed by atoms with van der Waals surface area (Å²) in [5.41, 5.74) is 2.86. The molecule has 26 heavy (non-hydrogen) atoms. The summed E-state index contributed by atoms with van der Waals surface area (Å²) < 4.78 is 14.6. The van der Waals surface area contributed by atoms with E-state index in [0.717, 1.165) is 35.6 Å². The third-order valence-electron chi connectivity index (χ3n) is 5.23. The van der Waals surface area contributed by atoms with Crippen LogP contribution < -0.4 is 10.3 Å². The minimum absolute atomic E-state index is 0.00589. The van der Waals surface area contributed by atoms with Crippen molar-refractivity contribution in [2.75, 3.05) is 13.7 Å². The fourth-order valence-electron chi connectivity index (χ4n) is 3.68. The molecule has 0 aliphatic carbocycles. The molecule has 2 aromatic heterocycles. The van der Waals surface area contributed by atoms with Crippen LogP contribution in [0.15, 0.2) is 41.3 Å². The number of ether oxygens (including phenoxy) is 2. The zero-order valence-electron chi connectivity index (χ0n) is 15.3. The van der Waals surface area contributed by atoms with Gasteiger partial charge in [-0.05, 0) is 44.0 Å². The first-order chi connectivity index (χ1) is 12.6. The maximum absolute atomic E-state index is 13.0. The maximum atomic E-state index is 13.0. The molecular weight excluding hydrogens is 330 g/mol. The first-order valence-electron chi connectivity index (χ1n) is 8.90. The summed E-state index contributed by atoms with van der Waals surface area (Å²) >= 11 is 0. The number of benzene rings is 1. The molecule has 1 aromatic carbocycles. The van der Waals surface area contributed by atoms with Gasteiger partial charge in [0, 0.05) is 12.3 Å². The summed E-state index contributed by atoms with van der Waals surface area (Å²) in [6, 6.07) is 10.0. The lowest BCUT2D eigenvalue weighted by Crippen LogP contribution is -2.24. The molecule has 0 amide bonds. The van der Waals surface area contributed by atoms with E-state index in [1.807, 2.05) is 35.9 Å². The fraction of sp³-hybridized carbons (Fsp3) is 0.400. The van der Waals surface area contributed by atoms with Crippen LogP contribution in [-0.2, 0) is 11.3 Å². The summed E-state index contributed by atoms with van der Waals surface area (Å²) in [5.74, 6) is 0.808. The van der Waals surface area contributed by atoms with Crippen LogP contribution in [0.3, 0.4) is 0 Å². The number of hydrogen-bond acceptors (Lipinski definition) is 4. The van der Waals surface area contributed by atoms with Crippen molar-refractivity contribution in [2.45, 2.75) is 39.0 Å². The molecule has 1 aliphatic heterocycles. The maximum Gasteiger partial charge on any atom is 0.262 e. The van der Waals surface area contributed by atoms with Crippen molar-refractivity contribution in [3.8, 4) is 5.75 Å². The highest BCUT2D eigenvalue weighted by atomic mass is 16.5. The Labute approximate surface area is 152 Å². The first kappa shape index (κ1) is 16.8. The topological polar surface area (TPSA) is 58.3 Å². The molecule has 1 saturated heterocycles. The van der Waals surface area contributed by atoms with Gasteiger partial charge in [0.05, 0.1) is 42.9 Å². The normalized spacial score (nSPS) is 20.0. The van der Waals surface area contributed by atoms with E-state index in [2.05, 4.69) is 18.1 Å². The van der Waals surface area contributed by atoms with E-state index in [0.29, 0.717) is 11.9 Å². The van der Waals surface area contributed by atoms with E-state index in [9.17, 15) is 4.79 Å². The predicted molar refractivity (Wildman–Crippen MR) is 99.9 cm³/mol. The van der Waals surface area contributed by atoms with E-state index in [-0.39, 0.29) is 17.7 Å². The fourth-order valence-corrected chi connectivity index (χ4v) is 3.68. The second-order valence-electron chi connectivity index (χ2n) is 6.85. The molecule has 0 bridgehead atoms. The highest BCUT2D eigenvalue weighted by Crippen LogP contribution is 2.28. The van der Waals surface area contributed by atoms with Gasteiger partial charge in [-0.1, -0.05) is 12.1 Å². The Morgan fingerprint density at radius 2 is 2.08 bits per heavy atom. The summed E-state index contributed by atoms with van der Waals surface area (Å²) in [6.45, 7) is 5.29. The van der Waals surface area contributed by atoms with Crippen molar-refractivity contribution < 1.29 is 9.47 Å². The molecule has 2 atom stereocenters. The number of fused-ring (bicyclic) bond motifs is 1. The van der Waals surface area contributed by atoms with Crippen molar-refractivity contribution in [1.29, 1.82) is 0 Å². The monoisotopic (exact) mass is 353 g/mol. The number of pyridine rings is 1. The first-order valence-corrected chi connectivity index (χ1v) is 8.90. The zero-order chi connectivity index (χ0) is 18.3. The second kappa shape index (κ2) is 6.61. The zero-order valence-corrected chi connectivity index (χ0v) is 15.3. The molecule has 1 fully saturated rings. The van der Waals surface area contributed by atoms with Gasteiger partial charge in [-0.3, -0.25) is 9.48 Å². The largest absolute Gasteiger partial charge is 0.497 e. The molecule has 3 heterocycles. The van der Waals surface area contributed by atoms with Gasteiger partial charge in [-0.15, -0.1) is 0 Å². The molecule has 136 valence electrons. The van der Waals surface area contributed by atoms with Crippen LogP contribution in [0.4, 0.5) is 0 Å². The van der Waals surface area contributed by atoms with Crippen LogP contribution in [0.1, 0.15) is 30.6 Å². The Hall–Kier alpha value is -2.60. The van der Waals surface area contributed by atoms with Crippen LogP contribution in [0, 0.1) is 6.92 Å². The van der Waals surface area contributed by atoms with E-state index >= 15 is 0 Å². The Kier molecular flexibility index (Phi) is 4.28. The SMILES string of the molecule is COc1ccc(Cn2c(C)cc3c(cnn3C3CCO[C@H]3C)c2=O)cc1. The number of nitrogens with zero attached hydrogens (tertiary/aromatic N) is 3. The highest BCUT2D eigenvalue weighted by molar-refractivity contribution is 5.78. The van der Waals surface area contributed by atoms with Gasteiger partial charge in [0.25, 0.3) is 5.56 Å². The van der Waals surface area contributed by atoms with Crippen LogP contribution >= 0.6 is 0 Å². The van der Waals surface area contributed by atoms with Crippen molar-refractivity contribution >= 4 is 10.9 Å². The number of hydrogen-bond donors (Lipinski definition) is 0. The van der Waals surface area contributed by atoms with Crippen molar-refractivity contribution in [1.82, 2.24) is 14.3 Å². The average Bonchev–Trinajstić information content (AvgIpc) is 3.25. The molecule has 0 saturated carbocycles. The molecule has 0 spiro atoms.